The molecule has 82 valence electrons. The average molecular weight is 264 g/mol. The van der Waals surface area contributed by atoms with Gasteiger partial charge in [0, 0.05) is 10.0 Å². The summed E-state index contributed by atoms with van der Waals surface area (Å²) in [5.41, 5.74) is 3.26. The fourth-order valence-corrected chi connectivity index (χ4v) is 1.92. The van der Waals surface area contributed by atoms with E-state index in [2.05, 4.69) is 10.7 Å². The summed E-state index contributed by atoms with van der Waals surface area (Å²) in [7, 11) is 0. The predicted octanol–water partition coefficient (Wildman–Crippen LogP) is 2.39. The van der Waals surface area contributed by atoms with Gasteiger partial charge in [0.2, 0.25) is 0 Å². The zero-order valence-electron chi connectivity index (χ0n) is 8.05. The molecule has 6 heteroatoms. The van der Waals surface area contributed by atoms with E-state index < -0.39 is 0 Å². The van der Waals surface area contributed by atoms with Crippen LogP contribution < -0.4 is 16.6 Å². The highest BCUT2D eigenvalue weighted by Gasteiger charge is 2.10. The van der Waals surface area contributed by atoms with Gasteiger partial charge in [-0.15, -0.1) is 0 Å². The van der Waals surface area contributed by atoms with Crippen molar-refractivity contribution in [2.45, 2.75) is 13.0 Å². The maximum Gasteiger partial charge on any atom is 0.181 e. The van der Waals surface area contributed by atoms with Gasteiger partial charge in [-0.1, -0.05) is 29.3 Å². The van der Waals surface area contributed by atoms with E-state index >= 15 is 0 Å². The first-order valence-corrected chi connectivity index (χ1v) is 5.43. The lowest BCUT2D eigenvalue weighted by Gasteiger charge is -2.17. The predicted molar refractivity (Wildman–Crippen MR) is 67.9 cm³/mol. The smallest absolute Gasteiger partial charge is 0.181 e. The molecule has 4 N–H and O–H groups in total. The van der Waals surface area contributed by atoms with Gasteiger partial charge in [0.05, 0.1) is 6.04 Å². The van der Waals surface area contributed by atoms with Crippen molar-refractivity contribution in [1.29, 1.82) is 0 Å². The van der Waals surface area contributed by atoms with Crippen molar-refractivity contribution in [3.05, 3.63) is 33.8 Å². The second kappa shape index (κ2) is 5.51. The molecule has 0 aliphatic heterocycles. The third kappa shape index (κ3) is 3.50. The lowest BCUT2D eigenvalue weighted by Crippen LogP contribution is -2.40. The topological polar surface area (TPSA) is 50.1 Å². The van der Waals surface area contributed by atoms with Crippen LogP contribution in [0, 0.1) is 0 Å². The molecule has 0 aliphatic carbocycles. The summed E-state index contributed by atoms with van der Waals surface area (Å²) in [4.78, 5) is 0. The van der Waals surface area contributed by atoms with Crippen LogP contribution in [0.25, 0.3) is 0 Å². The van der Waals surface area contributed by atoms with Crippen LogP contribution in [-0.4, -0.2) is 5.11 Å². The molecule has 0 unspecified atom stereocenters. The largest absolute Gasteiger partial charge is 0.355 e. The number of hydrogen-bond acceptors (Lipinski definition) is 2. The van der Waals surface area contributed by atoms with Gasteiger partial charge in [-0.25, -0.2) is 5.84 Å². The third-order valence-electron chi connectivity index (χ3n) is 1.91. The standard InChI is InChI=1S/C9H11Cl2N3S/c1-5(13-9(15)14-12)7-3-2-6(10)4-8(7)11/h2-5H,12H2,1H3,(H2,13,14,15)/t5-/m1/s1. The molecule has 1 rings (SSSR count). The Morgan fingerprint density at radius 3 is 2.67 bits per heavy atom. The molecular formula is C9H11Cl2N3S. The highest BCUT2D eigenvalue weighted by Crippen LogP contribution is 2.25. The SMILES string of the molecule is C[C@@H](NC(=S)NN)c1ccc(Cl)cc1Cl. The van der Waals surface area contributed by atoms with Crippen molar-refractivity contribution in [3.8, 4) is 0 Å². The summed E-state index contributed by atoms with van der Waals surface area (Å²) in [5, 5.41) is 4.55. The average Bonchev–Trinajstić information content (AvgIpc) is 2.17. The fraction of sp³-hybridized carbons (Fsp3) is 0.222. The molecule has 0 aliphatic rings. The first kappa shape index (κ1) is 12.5. The molecule has 1 aromatic rings. The van der Waals surface area contributed by atoms with Crippen LogP contribution in [0.15, 0.2) is 18.2 Å². The van der Waals surface area contributed by atoms with E-state index in [-0.39, 0.29) is 6.04 Å². The molecule has 0 aromatic heterocycles. The Kier molecular flexibility index (Phi) is 4.60. The van der Waals surface area contributed by atoms with Crippen LogP contribution in [0.3, 0.4) is 0 Å². The molecule has 0 radical (unpaired) electrons. The summed E-state index contributed by atoms with van der Waals surface area (Å²) in [5.74, 6) is 5.15. The second-order valence-electron chi connectivity index (χ2n) is 3.01. The van der Waals surface area contributed by atoms with Crippen molar-refractivity contribution in [1.82, 2.24) is 10.7 Å². The van der Waals surface area contributed by atoms with Crippen LogP contribution in [0.2, 0.25) is 10.0 Å². The molecule has 1 aromatic carbocycles. The van der Waals surface area contributed by atoms with E-state index in [0.717, 1.165) is 5.56 Å². The van der Waals surface area contributed by atoms with Crippen LogP contribution in [-0.2, 0) is 0 Å². The van der Waals surface area contributed by atoms with Gasteiger partial charge in [0.25, 0.3) is 0 Å². The van der Waals surface area contributed by atoms with Gasteiger partial charge in [0.1, 0.15) is 0 Å². The zero-order valence-corrected chi connectivity index (χ0v) is 10.4. The fourth-order valence-electron chi connectivity index (χ4n) is 1.17. The molecule has 0 amide bonds. The second-order valence-corrected chi connectivity index (χ2v) is 4.26. The molecule has 0 fully saturated rings. The van der Waals surface area contributed by atoms with Crippen molar-refractivity contribution >= 4 is 40.5 Å². The Hall–Kier alpha value is -0.550. The lowest BCUT2D eigenvalue weighted by molar-refractivity contribution is 0.704. The van der Waals surface area contributed by atoms with Gasteiger partial charge in [0.15, 0.2) is 5.11 Å². The molecule has 0 saturated heterocycles. The molecule has 0 bridgehead atoms. The molecular weight excluding hydrogens is 253 g/mol. The highest BCUT2D eigenvalue weighted by atomic mass is 35.5. The Balaban J connectivity index is 2.82. The summed E-state index contributed by atoms with van der Waals surface area (Å²) < 4.78 is 0. The maximum atomic E-state index is 6.03. The normalized spacial score (nSPS) is 12.0. The van der Waals surface area contributed by atoms with Crippen molar-refractivity contribution in [2.75, 3.05) is 0 Å². The van der Waals surface area contributed by atoms with Gasteiger partial charge < -0.3 is 10.7 Å². The van der Waals surface area contributed by atoms with E-state index in [1.54, 1.807) is 12.1 Å². The van der Waals surface area contributed by atoms with E-state index in [1.807, 2.05) is 13.0 Å². The van der Waals surface area contributed by atoms with Crippen molar-refractivity contribution in [2.24, 2.45) is 5.84 Å². The number of nitrogens with two attached hydrogens (primary N) is 1. The Morgan fingerprint density at radius 2 is 2.13 bits per heavy atom. The van der Waals surface area contributed by atoms with E-state index in [1.165, 1.54) is 0 Å². The lowest BCUT2D eigenvalue weighted by atomic mass is 10.1. The first-order chi connectivity index (χ1) is 7.04. The Labute approximate surface area is 104 Å². The summed E-state index contributed by atoms with van der Waals surface area (Å²) >= 11 is 16.7. The van der Waals surface area contributed by atoms with E-state index in [9.17, 15) is 0 Å². The number of benzene rings is 1. The quantitative estimate of drug-likeness (QED) is 0.436. The number of halogens is 2. The number of hydrogen-bond donors (Lipinski definition) is 3. The first-order valence-electron chi connectivity index (χ1n) is 4.26. The van der Waals surface area contributed by atoms with Gasteiger partial charge >= 0.3 is 0 Å². The number of rotatable bonds is 2. The van der Waals surface area contributed by atoms with Crippen LogP contribution >= 0.6 is 35.4 Å². The van der Waals surface area contributed by atoms with Gasteiger partial charge in [-0.3, -0.25) is 0 Å². The zero-order chi connectivity index (χ0) is 11.4. The monoisotopic (exact) mass is 263 g/mol. The molecule has 0 saturated carbocycles. The highest BCUT2D eigenvalue weighted by molar-refractivity contribution is 7.80. The van der Waals surface area contributed by atoms with Crippen molar-refractivity contribution < 1.29 is 0 Å². The van der Waals surface area contributed by atoms with E-state index in [0.29, 0.717) is 15.2 Å². The molecule has 0 spiro atoms. The minimum absolute atomic E-state index is 0.0293. The third-order valence-corrected chi connectivity index (χ3v) is 2.71. The Morgan fingerprint density at radius 1 is 1.47 bits per heavy atom. The summed E-state index contributed by atoms with van der Waals surface area (Å²) in [6, 6.07) is 5.29. The maximum absolute atomic E-state index is 6.03. The van der Waals surface area contributed by atoms with Gasteiger partial charge in [-0.2, -0.15) is 0 Å². The van der Waals surface area contributed by atoms with Crippen LogP contribution in [0.1, 0.15) is 18.5 Å². The summed E-state index contributed by atoms with van der Waals surface area (Å²) in [6.45, 7) is 1.93. The minimum atomic E-state index is -0.0293. The molecule has 1 atom stereocenters. The number of thiocarbonyl (C=S) groups is 1. The molecule has 3 nitrogen and oxygen atoms in total. The van der Waals surface area contributed by atoms with Gasteiger partial charge in [-0.05, 0) is 36.8 Å². The minimum Gasteiger partial charge on any atom is -0.355 e. The van der Waals surface area contributed by atoms with Crippen LogP contribution in [0.5, 0.6) is 0 Å². The number of hydrazine groups is 1. The Bertz CT molecular complexity index is 370. The van der Waals surface area contributed by atoms with E-state index in [4.69, 9.17) is 41.3 Å². The molecule has 15 heavy (non-hydrogen) atoms. The molecule has 0 heterocycles. The summed E-state index contributed by atoms with van der Waals surface area (Å²) in [6.07, 6.45) is 0. The van der Waals surface area contributed by atoms with Crippen molar-refractivity contribution in [3.63, 3.8) is 0 Å². The van der Waals surface area contributed by atoms with Crippen LogP contribution in [0.4, 0.5) is 0 Å². The number of nitrogens with one attached hydrogen (secondary N) is 2.